The van der Waals surface area contributed by atoms with Crippen LogP contribution in [-0.2, 0) is 14.3 Å². The molecule has 0 aromatic heterocycles. The van der Waals surface area contributed by atoms with Crippen LogP contribution in [0.3, 0.4) is 0 Å². The average Bonchev–Trinajstić information content (AvgIpc) is 2.29. The second-order valence-electron chi connectivity index (χ2n) is 3.26. The molecule has 1 aromatic carbocycles. The van der Waals surface area contributed by atoms with Gasteiger partial charge in [0.2, 0.25) is 0 Å². The molecule has 0 spiro atoms. The number of para-hydroxylation sites is 2. The summed E-state index contributed by atoms with van der Waals surface area (Å²) < 4.78 is 36.7. The third-order valence-electron chi connectivity index (χ3n) is 1.75. The third-order valence-corrected chi connectivity index (χ3v) is 2.27. The molecule has 0 saturated heterocycles. The van der Waals surface area contributed by atoms with Gasteiger partial charge in [0, 0.05) is 0 Å². The highest BCUT2D eigenvalue weighted by Crippen LogP contribution is 2.27. The number of ether oxygens (including phenoxy) is 2. The maximum atomic E-state index is 10.9. The van der Waals surface area contributed by atoms with Crippen LogP contribution in [0.5, 0.6) is 11.5 Å². The topological polar surface area (TPSA) is 85.6 Å². The first-order valence-electron chi connectivity index (χ1n) is 5.12. The van der Waals surface area contributed by atoms with Crippen LogP contribution in [0.1, 0.15) is 6.92 Å². The lowest BCUT2D eigenvalue weighted by Crippen LogP contribution is -2.22. The molecule has 0 heterocycles. The van der Waals surface area contributed by atoms with Crippen molar-refractivity contribution in [1.29, 1.82) is 5.26 Å². The van der Waals surface area contributed by atoms with Crippen molar-refractivity contribution in [2.75, 3.05) is 12.9 Å². The summed E-state index contributed by atoms with van der Waals surface area (Å²) in [7, 11) is -3.77. The zero-order valence-corrected chi connectivity index (χ0v) is 10.8. The molecule has 0 aliphatic rings. The first-order chi connectivity index (χ1) is 8.46. The van der Waals surface area contributed by atoms with Gasteiger partial charge in [-0.2, -0.15) is 13.7 Å². The van der Waals surface area contributed by atoms with Crippen molar-refractivity contribution >= 4 is 10.1 Å². The lowest BCUT2D eigenvalue weighted by Gasteiger charge is -2.14. The van der Waals surface area contributed by atoms with Gasteiger partial charge in [0.05, 0.1) is 12.9 Å². The summed E-state index contributed by atoms with van der Waals surface area (Å²) in [5, 5.41) is 8.77. The molecule has 0 aliphatic heterocycles. The summed E-state index contributed by atoms with van der Waals surface area (Å²) in [6.45, 7) is 2.22. The highest BCUT2D eigenvalue weighted by atomic mass is 32.2. The van der Waals surface area contributed by atoms with Gasteiger partial charge in [-0.25, -0.2) is 4.18 Å². The second kappa shape index (κ2) is 6.23. The number of hydrogen-bond donors (Lipinski definition) is 0. The number of hydrogen-bond acceptors (Lipinski definition) is 6. The van der Waals surface area contributed by atoms with Crippen LogP contribution < -0.4 is 9.47 Å². The van der Waals surface area contributed by atoms with E-state index in [0.29, 0.717) is 12.4 Å². The normalized spacial score (nSPS) is 12.5. The van der Waals surface area contributed by atoms with E-state index in [0.717, 1.165) is 6.26 Å². The number of nitrogens with zero attached hydrogens (tertiary/aromatic N) is 1. The summed E-state index contributed by atoms with van der Waals surface area (Å²) >= 11 is 0. The molecule has 7 heteroatoms. The van der Waals surface area contributed by atoms with Gasteiger partial charge in [-0.3, -0.25) is 0 Å². The lowest BCUT2D eigenvalue weighted by atomic mass is 10.3. The van der Waals surface area contributed by atoms with Crippen molar-refractivity contribution in [2.45, 2.75) is 13.2 Å². The quantitative estimate of drug-likeness (QED) is 0.572. The Morgan fingerprint density at radius 3 is 2.44 bits per heavy atom. The van der Waals surface area contributed by atoms with E-state index < -0.39 is 16.4 Å². The number of rotatable bonds is 6. The van der Waals surface area contributed by atoms with Gasteiger partial charge in [0.25, 0.3) is 10.1 Å². The van der Waals surface area contributed by atoms with Gasteiger partial charge in [-0.05, 0) is 19.1 Å². The molecule has 1 unspecified atom stereocenters. The van der Waals surface area contributed by atoms with Gasteiger partial charge in [0.1, 0.15) is 6.07 Å². The molecule has 0 radical (unpaired) electrons. The Bertz CT molecular complexity index is 535. The molecule has 0 saturated carbocycles. The molecule has 6 nitrogen and oxygen atoms in total. The summed E-state index contributed by atoms with van der Waals surface area (Å²) in [6, 6.07) is 8.21. The Hall–Kier alpha value is -1.78. The molecule has 0 aliphatic carbocycles. The molecule has 0 amide bonds. The first-order valence-corrected chi connectivity index (χ1v) is 6.94. The fraction of sp³-hybridized carbons (Fsp3) is 0.364. The van der Waals surface area contributed by atoms with E-state index in [9.17, 15) is 8.42 Å². The van der Waals surface area contributed by atoms with Crippen molar-refractivity contribution in [1.82, 2.24) is 0 Å². The van der Waals surface area contributed by atoms with Gasteiger partial charge >= 0.3 is 6.29 Å². The van der Waals surface area contributed by atoms with Crippen molar-refractivity contribution in [2.24, 2.45) is 0 Å². The van der Waals surface area contributed by atoms with Crippen molar-refractivity contribution in [3.05, 3.63) is 24.3 Å². The maximum absolute atomic E-state index is 10.9. The fourth-order valence-corrected chi connectivity index (χ4v) is 1.56. The van der Waals surface area contributed by atoms with Crippen molar-refractivity contribution in [3.63, 3.8) is 0 Å². The van der Waals surface area contributed by atoms with E-state index >= 15 is 0 Å². The minimum Gasteiger partial charge on any atom is -0.490 e. The Kier molecular flexibility index (Phi) is 4.95. The van der Waals surface area contributed by atoms with Gasteiger partial charge in [0.15, 0.2) is 11.5 Å². The van der Waals surface area contributed by atoms with E-state index in [1.807, 2.05) is 0 Å². The van der Waals surface area contributed by atoms with Crippen LogP contribution in [0.2, 0.25) is 0 Å². The molecular weight excluding hydrogens is 258 g/mol. The molecule has 18 heavy (non-hydrogen) atoms. The summed E-state index contributed by atoms with van der Waals surface area (Å²) in [6.07, 6.45) is -0.698. The zero-order valence-electron chi connectivity index (χ0n) is 9.99. The Balaban J connectivity index is 2.85. The van der Waals surface area contributed by atoms with Gasteiger partial charge < -0.3 is 9.47 Å². The zero-order chi connectivity index (χ0) is 13.6. The smallest absolute Gasteiger partial charge is 0.304 e. The lowest BCUT2D eigenvalue weighted by molar-refractivity contribution is 0.0576. The molecule has 1 rings (SSSR count). The van der Waals surface area contributed by atoms with Gasteiger partial charge in [-0.15, -0.1) is 0 Å². The largest absolute Gasteiger partial charge is 0.490 e. The van der Waals surface area contributed by atoms with Crippen LogP contribution in [-0.4, -0.2) is 27.6 Å². The highest BCUT2D eigenvalue weighted by Gasteiger charge is 2.18. The SMILES string of the molecule is CCOc1ccccc1OC(C#N)OS(C)(=O)=O. The average molecular weight is 271 g/mol. The summed E-state index contributed by atoms with van der Waals surface area (Å²) in [5.41, 5.74) is 0. The Labute approximate surface area is 106 Å². The number of nitriles is 1. The minimum atomic E-state index is -3.77. The van der Waals surface area contributed by atoms with Crippen LogP contribution in [0.4, 0.5) is 0 Å². The van der Waals surface area contributed by atoms with Gasteiger partial charge in [-0.1, -0.05) is 12.1 Å². The Morgan fingerprint density at radius 1 is 1.33 bits per heavy atom. The molecule has 0 N–H and O–H groups in total. The molecule has 0 bridgehead atoms. The third kappa shape index (κ3) is 4.61. The van der Waals surface area contributed by atoms with E-state index in [1.54, 1.807) is 37.3 Å². The molecule has 1 aromatic rings. The van der Waals surface area contributed by atoms with E-state index in [2.05, 4.69) is 4.18 Å². The summed E-state index contributed by atoms with van der Waals surface area (Å²) in [4.78, 5) is 0. The highest BCUT2D eigenvalue weighted by molar-refractivity contribution is 7.86. The first kappa shape index (κ1) is 14.3. The maximum Gasteiger partial charge on any atom is 0.304 e. The van der Waals surface area contributed by atoms with Crippen LogP contribution in [0, 0.1) is 11.3 Å². The number of benzene rings is 1. The predicted molar refractivity (Wildman–Crippen MR) is 63.6 cm³/mol. The molecular formula is C11H13NO5S. The predicted octanol–water partition coefficient (Wildman–Crippen LogP) is 1.29. The van der Waals surface area contributed by atoms with E-state index in [4.69, 9.17) is 14.7 Å². The van der Waals surface area contributed by atoms with Crippen molar-refractivity contribution < 1.29 is 22.1 Å². The van der Waals surface area contributed by atoms with Crippen molar-refractivity contribution in [3.8, 4) is 17.6 Å². The van der Waals surface area contributed by atoms with Crippen LogP contribution in [0.25, 0.3) is 0 Å². The fourth-order valence-electron chi connectivity index (χ4n) is 1.16. The van der Waals surface area contributed by atoms with E-state index in [1.165, 1.54) is 0 Å². The molecule has 0 fully saturated rings. The summed E-state index contributed by atoms with van der Waals surface area (Å²) in [5.74, 6) is 0.659. The monoisotopic (exact) mass is 271 g/mol. The Morgan fingerprint density at radius 2 is 1.94 bits per heavy atom. The second-order valence-corrected chi connectivity index (χ2v) is 4.86. The molecule has 1 atom stereocenters. The van der Waals surface area contributed by atoms with Crippen LogP contribution >= 0.6 is 0 Å². The minimum absolute atomic E-state index is 0.245. The molecule has 98 valence electrons. The van der Waals surface area contributed by atoms with Crippen LogP contribution in [0.15, 0.2) is 24.3 Å². The van der Waals surface area contributed by atoms with E-state index in [-0.39, 0.29) is 5.75 Å². The standard InChI is InChI=1S/C11H13NO5S/c1-3-15-9-6-4-5-7-10(9)16-11(8-12)17-18(2,13)14/h4-7,11H,3H2,1-2H3.